The van der Waals surface area contributed by atoms with Crippen molar-refractivity contribution in [1.29, 1.82) is 0 Å². The van der Waals surface area contributed by atoms with Crippen LogP contribution >= 0.6 is 15.9 Å². The molecule has 0 N–H and O–H groups in total. The fourth-order valence-corrected chi connectivity index (χ4v) is 5.48. The van der Waals surface area contributed by atoms with E-state index in [1.54, 1.807) is 53.6 Å². The highest BCUT2D eigenvalue weighted by Crippen LogP contribution is 2.38. The number of pyridine rings is 1. The molecule has 0 bridgehead atoms. The predicted molar refractivity (Wildman–Crippen MR) is 124 cm³/mol. The van der Waals surface area contributed by atoms with Crippen LogP contribution in [0, 0.1) is 13.8 Å². The van der Waals surface area contributed by atoms with Crippen LogP contribution < -0.4 is 4.31 Å². The van der Waals surface area contributed by atoms with Gasteiger partial charge in [0.1, 0.15) is 5.69 Å². The molecule has 4 heterocycles. The zero-order valence-electron chi connectivity index (χ0n) is 17.4. The number of aryl methyl sites for hydroxylation is 1. The standard InChI is InChI=1S/C22H19BrN6O2S/c1-14-5-7-17(8-6-14)32(30,31)28-11-9-18-15(2)29(22-25-12-16(23)13-26-22)27-20(18)19-4-3-10-24-21(19)28/h3-8,10,12-13H,9,11H2,1-2H3. The summed E-state index contributed by atoms with van der Waals surface area (Å²) in [7, 11) is -3.78. The van der Waals surface area contributed by atoms with Gasteiger partial charge < -0.3 is 0 Å². The third-order valence-corrected chi connectivity index (χ3v) is 7.70. The molecular weight excluding hydrogens is 492 g/mol. The minimum absolute atomic E-state index is 0.240. The molecule has 0 atom stereocenters. The van der Waals surface area contributed by atoms with E-state index < -0.39 is 10.0 Å². The van der Waals surface area contributed by atoms with Crippen molar-refractivity contribution in [3.8, 4) is 17.2 Å². The van der Waals surface area contributed by atoms with E-state index in [4.69, 9.17) is 5.10 Å². The summed E-state index contributed by atoms with van der Waals surface area (Å²) < 4.78 is 30.9. The topological polar surface area (TPSA) is 93.9 Å². The molecule has 0 saturated carbocycles. The Bertz CT molecular complexity index is 1420. The number of aromatic nitrogens is 5. The molecule has 162 valence electrons. The smallest absolute Gasteiger partial charge is 0.249 e. The molecule has 1 aliphatic rings. The van der Waals surface area contributed by atoms with Crippen LogP contribution in [-0.4, -0.2) is 39.7 Å². The summed E-state index contributed by atoms with van der Waals surface area (Å²) in [6, 6.07) is 10.5. The average Bonchev–Trinajstić information content (AvgIpc) is 3.01. The van der Waals surface area contributed by atoms with Crippen molar-refractivity contribution in [2.45, 2.75) is 25.2 Å². The van der Waals surface area contributed by atoms with Gasteiger partial charge in [-0.2, -0.15) is 5.10 Å². The third kappa shape index (κ3) is 3.39. The lowest BCUT2D eigenvalue weighted by Gasteiger charge is -2.23. The SMILES string of the molecule is Cc1ccc(S(=O)(=O)N2CCc3c(nn(-c4ncc(Br)cn4)c3C)-c3cccnc32)cc1. The highest BCUT2D eigenvalue weighted by molar-refractivity contribution is 9.10. The summed E-state index contributed by atoms with van der Waals surface area (Å²) in [6.07, 6.45) is 5.42. The van der Waals surface area contributed by atoms with E-state index >= 15 is 0 Å². The third-order valence-electron chi connectivity index (χ3n) is 5.49. The Morgan fingerprint density at radius 2 is 1.72 bits per heavy atom. The Balaban J connectivity index is 1.65. The zero-order chi connectivity index (χ0) is 22.5. The van der Waals surface area contributed by atoms with Gasteiger partial charge in [0.15, 0.2) is 5.82 Å². The maximum Gasteiger partial charge on any atom is 0.265 e. The number of hydrogen-bond donors (Lipinski definition) is 0. The van der Waals surface area contributed by atoms with Gasteiger partial charge in [-0.25, -0.2) is 32.4 Å². The van der Waals surface area contributed by atoms with Crippen molar-refractivity contribution in [2.75, 3.05) is 10.8 Å². The molecule has 5 rings (SSSR count). The predicted octanol–water partition coefficient (Wildman–Crippen LogP) is 3.86. The van der Waals surface area contributed by atoms with Gasteiger partial charge in [-0.1, -0.05) is 17.7 Å². The first-order valence-corrected chi connectivity index (χ1v) is 12.2. The molecular formula is C22H19BrN6O2S. The monoisotopic (exact) mass is 510 g/mol. The van der Waals surface area contributed by atoms with Crippen LogP contribution in [0.1, 0.15) is 16.8 Å². The number of benzene rings is 1. The van der Waals surface area contributed by atoms with Gasteiger partial charge in [-0.3, -0.25) is 0 Å². The largest absolute Gasteiger partial charge is 0.265 e. The van der Waals surface area contributed by atoms with Crippen molar-refractivity contribution >= 4 is 31.8 Å². The highest BCUT2D eigenvalue weighted by atomic mass is 79.9. The minimum atomic E-state index is -3.78. The molecule has 0 unspecified atom stereocenters. The number of anilines is 1. The molecule has 0 fully saturated rings. The molecule has 3 aromatic heterocycles. The number of hydrogen-bond acceptors (Lipinski definition) is 6. The summed E-state index contributed by atoms with van der Waals surface area (Å²) in [5, 5.41) is 4.77. The Morgan fingerprint density at radius 3 is 2.44 bits per heavy atom. The van der Waals surface area contributed by atoms with Crippen molar-refractivity contribution in [3.63, 3.8) is 0 Å². The van der Waals surface area contributed by atoms with Crippen LogP contribution in [0.15, 0.2) is 64.4 Å². The number of fused-ring (bicyclic) bond motifs is 3. The van der Waals surface area contributed by atoms with Crippen LogP contribution in [-0.2, 0) is 16.4 Å². The minimum Gasteiger partial charge on any atom is -0.249 e. The second kappa shape index (κ2) is 7.79. The lowest BCUT2D eigenvalue weighted by atomic mass is 10.1. The molecule has 4 aromatic rings. The van der Waals surface area contributed by atoms with Gasteiger partial charge in [0.05, 0.1) is 9.37 Å². The summed E-state index contributed by atoms with van der Waals surface area (Å²) >= 11 is 3.35. The first-order chi connectivity index (χ1) is 15.4. The molecule has 32 heavy (non-hydrogen) atoms. The molecule has 8 nitrogen and oxygen atoms in total. The van der Waals surface area contributed by atoms with E-state index in [0.29, 0.717) is 29.4 Å². The van der Waals surface area contributed by atoms with Crippen molar-refractivity contribution in [1.82, 2.24) is 24.7 Å². The zero-order valence-corrected chi connectivity index (χ0v) is 19.8. The van der Waals surface area contributed by atoms with Crippen molar-refractivity contribution < 1.29 is 8.42 Å². The van der Waals surface area contributed by atoms with E-state index in [-0.39, 0.29) is 11.4 Å². The van der Waals surface area contributed by atoms with Crippen LogP contribution in [0.3, 0.4) is 0 Å². The average molecular weight is 511 g/mol. The van der Waals surface area contributed by atoms with Crippen molar-refractivity contribution in [3.05, 3.63) is 76.3 Å². The van der Waals surface area contributed by atoms with Gasteiger partial charge in [-0.05, 0) is 60.5 Å². The van der Waals surface area contributed by atoms with E-state index in [0.717, 1.165) is 21.3 Å². The molecule has 0 amide bonds. The first-order valence-electron chi connectivity index (χ1n) is 9.97. The maximum absolute atomic E-state index is 13.5. The fourth-order valence-electron chi connectivity index (χ4n) is 3.83. The second-order valence-corrected chi connectivity index (χ2v) is 10.3. The summed E-state index contributed by atoms with van der Waals surface area (Å²) in [6.45, 7) is 4.12. The number of halogens is 1. The number of nitrogens with zero attached hydrogens (tertiary/aromatic N) is 6. The Labute approximate surface area is 194 Å². The summed E-state index contributed by atoms with van der Waals surface area (Å²) in [5.41, 5.74) is 4.17. The van der Waals surface area contributed by atoms with Gasteiger partial charge in [0.2, 0.25) is 0 Å². The van der Waals surface area contributed by atoms with Gasteiger partial charge in [0, 0.05) is 42.0 Å². The van der Waals surface area contributed by atoms with Gasteiger partial charge in [0.25, 0.3) is 16.0 Å². The molecule has 0 spiro atoms. The number of rotatable bonds is 3. The first kappa shape index (κ1) is 20.8. The highest BCUT2D eigenvalue weighted by Gasteiger charge is 2.33. The maximum atomic E-state index is 13.5. The molecule has 0 saturated heterocycles. The second-order valence-electron chi connectivity index (χ2n) is 7.54. The molecule has 0 aliphatic carbocycles. The van der Waals surface area contributed by atoms with Crippen LogP contribution in [0.5, 0.6) is 0 Å². The molecule has 10 heteroatoms. The summed E-state index contributed by atoms with van der Waals surface area (Å²) in [4.78, 5) is 13.4. The van der Waals surface area contributed by atoms with E-state index in [1.165, 1.54) is 4.31 Å². The van der Waals surface area contributed by atoms with Crippen LogP contribution in [0.4, 0.5) is 5.82 Å². The van der Waals surface area contributed by atoms with Crippen molar-refractivity contribution in [2.24, 2.45) is 0 Å². The lowest BCUT2D eigenvalue weighted by Crippen LogP contribution is -2.33. The molecule has 0 radical (unpaired) electrons. The van der Waals surface area contributed by atoms with E-state index in [9.17, 15) is 8.42 Å². The van der Waals surface area contributed by atoms with E-state index in [2.05, 4.69) is 30.9 Å². The Morgan fingerprint density at radius 1 is 1.00 bits per heavy atom. The Hall–Kier alpha value is -3.11. The van der Waals surface area contributed by atoms with E-state index in [1.807, 2.05) is 19.9 Å². The molecule has 1 aliphatic heterocycles. The molecule has 1 aromatic carbocycles. The van der Waals surface area contributed by atoms with Gasteiger partial charge >= 0.3 is 0 Å². The summed E-state index contributed by atoms with van der Waals surface area (Å²) in [5.74, 6) is 0.821. The normalized spacial score (nSPS) is 13.4. The van der Waals surface area contributed by atoms with Gasteiger partial charge in [-0.15, -0.1) is 0 Å². The quantitative estimate of drug-likeness (QED) is 0.415. The van der Waals surface area contributed by atoms with Crippen LogP contribution in [0.2, 0.25) is 0 Å². The fraction of sp³-hybridized carbons (Fsp3) is 0.182. The lowest BCUT2D eigenvalue weighted by molar-refractivity contribution is 0.590. The number of sulfonamides is 1. The Kier molecular flexibility index (Phi) is 5.06. The van der Waals surface area contributed by atoms with Crippen LogP contribution in [0.25, 0.3) is 17.2 Å².